The summed E-state index contributed by atoms with van der Waals surface area (Å²) < 4.78 is 5.04. The average molecular weight is 160 g/mol. The monoisotopic (exact) mass is 160 g/mol. The van der Waals surface area contributed by atoms with Crippen molar-refractivity contribution in [3.05, 3.63) is 12.3 Å². The van der Waals surface area contributed by atoms with Crippen molar-refractivity contribution in [1.29, 1.82) is 0 Å². The molecule has 0 rings (SSSR count). The molecular formula is C6H12O3Si. The molecule has 0 amide bonds. The fraction of sp³-hybridized carbons (Fsp3) is 0.500. The SMILES string of the molecule is C=C(O[Si](C)(C)C)C(=O)O. The molecule has 0 radical (unpaired) electrons. The predicted molar refractivity (Wildman–Crippen MR) is 41.2 cm³/mol. The van der Waals surface area contributed by atoms with Crippen LogP contribution >= 0.6 is 0 Å². The van der Waals surface area contributed by atoms with Gasteiger partial charge in [0.05, 0.1) is 0 Å². The van der Waals surface area contributed by atoms with Crippen LogP contribution in [0.4, 0.5) is 0 Å². The minimum absolute atomic E-state index is 0.154. The highest BCUT2D eigenvalue weighted by Gasteiger charge is 2.19. The van der Waals surface area contributed by atoms with Gasteiger partial charge in [-0.15, -0.1) is 0 Å². The zero-order chi connectivity index (χ0) is 8.36. The highest BCUT2D eigenvalue weighted by molar-refractivity contribution is 6.70. The van der Waals surface area contributed by atoms with Crippen molar-refractivity contribution >= 4 is 14.3 Å². The Kier molecular flexibility index (Phi) is 2.65. The van der Waals surface area contributed by atoms with Gasteiger partial charge < -0.3 is 9.53 Å². The standard InChI is InChI=1S/C6H12O3Si/c1-5(6(7)8)9-10(2,3)4/h1H2,2-4H3,(H,7,8). The topological polar surface area (TPSA) is 46.5 Å². The summed E-state index contributed by atoms with van der Waals surface area (Å²) in [4.78, 5) is 10.2. The first-order chi connectivity index (χ1) is 4.33. The first kappa shape index (κ1) is 9.23. The smallest absolute Gasteiger partial charge is 0.369 e. The lowest BCUT2D eigenvalue weighted by Crippen LogP contribution is -2.26. The third-order valence-electron chi connectivity index (χ3n) is 0.668. The van der Waals surface area contributed by atoms with Crippen molar-refractivity contribution in [2.75, 3.05) is 0 Å². The van der Waals surface area contributed by atoms with E-state index in [2.05, 4.69) is 6.58 Å². The molecule has 0 saturated carbocycles. The van der Waals surface area contributed by atoms with Crippen molar-refractivity contribution < 1.29 is 14.3 Å². The van der Waals surface area contributed by atoms with E-state index in [0.717, 1.165) is 0 Å². The second kappa shape index (κ2) is 2.87. The van der Waals surface area contributed by atoms with Crippen LogP contribution < -0.4 is 0 Å². The third kappa shape index (κ3) is 4.14. The maximum absolute atomic E-state index is 10.2. The Bertz CT molecular complexity index is 157. The van der Waals surface area contributed by atoms with Crippen LogP contribution in [0.15, 0.2) is 12.3 Å². The van der Waals surface area contributed by atoms with E-state index in [1.807, 2.05) is 19.6 Å². The number of carboxylic acid groups (broad SMARTS) is 1. The van der Waals surface area contributed by atoms with E-state index in [-0.39, 0.29) is 5.76 Å². The number of hydrogen-bond acceptors (Lipinski definition) is 2. The quantitative estimate of drug-likeness (QED) is 0.386. The summed E-state index contributed by atoms with van der Waals surface area (Å²) in [6, 6.07) is 0. The Morgan fingerprint density at radius 3 is 2.00 bits per heavy atom. The molecule has 0 aliphatic carbocycles. The second-order valence-corrected chi connectivity index (χ2v) is 7.37. The Hall–Kier alpha value is -0.773. The molecule has 4 heteroatoms. The van der Waals surface area contributed by atoms with Crippen LogP contribution in [0.1, 0.15) is 0 Å². The summed E-state index contributed by atoms with van der Waals surface area (Å²) in [6.07, 6.45) is 0. The van der Waals surface area contributed by atoms with E-state index in [1.54, 1.807) is 0 Å². The molecule has 58 valence electrons. The van der Waals surface area contributed by atoms with E-state index < -0.39 is 14.3 Å². The van der Waals surface area contributed by atoms with E-state index in [9.17, 15) is 4.79 Å². The molecule has 0 aliphatic rings. The highest BCUT2D eigenvalue weighted by Crippen LogP contribution is 2.07. The van der Waals surface area contributed by atoms with E-state index >= 15 is 0 Å². The molecule has 0 aromatic rings. The molecule has 0 atom stereocenters. The number of aliphatic carboxylic acids is 1. The zero-order valence-corrected chi connectivity index (χ0v) is 7.47. The van der Waals surface area contributed by atoms with Gasteiger partial charge in [0.25, 0.3) is 0 Å². The fourth-order valence-electron chi connectivity index (χ4n) is 0.413. The van der Waals surface area contributed by atoms with Crippen molar-refractivity contribution in [3.8, 4) is 0 Å². The average Bonchev–Trinajstić information content (AvgIpc) is 1.60. The van der Waals surface area contributed by atoms with Gasteiger partial charge in [-0.2, -0.15) is 0 Å². The number of carboxylic acids is 1. The van der Waals surface area contributed by atoms with Gasteiger partial charge in [0.1, 0.15) is 0 Å². The van der Waals surface area contributed by atoms with Gasteiger partial charge >= 0.3 is 5.97 Å². The van der Waals surface area contributed by atoms with Crippen LogP contribution in [-0.4, -0.2) is 19.4 Å². The normalized spacial score (nSPS) is 10.7. The summed E-state index contributed by atoms with van der Waals surface area (Å²) in [7, 11) is -1.76. The Morgan fingerprint density at radius 2 is 1.90 bits per heavy atom. The number of hydrogen-bond donors (Lipinski definition) is 1. The number of rotatable bonds is 3. The van der Waals surface area contributed by atoms with Gasteiger partial charge in [0.15, 0.2) is 5.76 Å². The summed E-state index contributed by atoms with van der Waals surface area (Å²) in [5.74, 6) is -1.23. The molecule has 0 bridgehead atoms. The third-order valence-corrected chi connectivity index (χ3v) is 1.53. The van der Waals surface area contributed by atoms with Crippen LogP contribution in [0.3, 0.4) is 0 Å². The zero-order valence-electron chi connectivity index (χ0n) is 6.47. The minimum atomic E-state index is -1.76. The van der Waals surface area contributed by atoms with Crippen LogP contribution in [0.2, 0.25) is 19.6 Å². The molecule has 0 aromatic heterocycles. The maximum atomic E-state index is 10.2. The van der Waals surface area contributed by atoms with E-state index in [0.29, 0.717) is 0 Å². The van der Waals surface area contributed by atoms with Crippen LogP contribution in [0.5, 0.6) is 0 Å². The Labute approximate surface area is 61.4 Å². The molecule has 0 aliphatic heterocycles. The van der Waals surface area contributed by atoms with Gasteiger partial charge in [0, 0.05) is 0 Å². The largest absolute Gasteiger partial charge is 0.540 e. The Morgan fingerprint density at radius 1 is 1.50 bits per heavy atom. The first-order valence-corrected chi connectivity index (χ1v) is 6.35. The summed E-state index contributed by atoms with van der Waals surface area (Å²) in [5, 5.41) is 8.34. The lowest BCUT2D eigenvalue weighted by Gasteiger charge is -2.17. The molecule has 0 unspecified atom stereocenters. The van der Waals surface area contributed by atoms with Gasteiger partial charge in [-0.05, 0) is 19.6 Å². The van der Waals surface area contributed by atoms with Crippen molar-refractivity contribution in [1.82, 2.24) is 0 Å². The molecule has 0 heterocycles. The van der Waals surface area contributed by atoms with Gasteiger partial charge in [-0.25, -0.2) is 4.79 Å². The van der Waals surface area contributed by atoms with Gasteiger partial charge in [0.2, 0.25) is 8.32 Å². The number of carbonyl (C=O) groups is 1. The van der Waals surface area contributed by atoms with Gasteiger partial charge in [-0.1, -0.05) is 6.58 Å². The summed E-state index contributed by atoms with van der Waals surface area (Å²) in [5.41, 5.74) is 0. The van der Waals surface area contributed by atoms with Crippen LogP contribution in [0.25, 0.3) is 0 Å². The highest BCUT2D eigenvalue weighted by atomic mass is 28.4. The van der Waals surface area contributed by atoms with Crippen LogP contribution in [-0.2, 0) is 9.22 Å². The maximum Gasteiger partial charge on any atom is 0.369 e. The van der Waals surface area contributed by atoms with Crippen molar-refractivity contribution in [3.63, 3.8) is 0 Å². The molecule has 0 saturated heterocycles. The molecule has 1 N–H and O–H groups in total. The van der Waals surface area contributed by atoms with E-state index in [1.165, 1.54) is 0 Å². The molecule has 3 nitrogen and oxygen atoms in total. The fourth-order valence-corrected chi connectivity index (χ4v) is 1.24. The first-order valence-electron chi connectivity index (χ1n) is 2.94. The summed E-state index contributed by atoms with van der Waals surface area (Å²) in [6.45, 7) is 8.96. The Balaban J connectivity index is 3.93. The molecule has 0 spiro atoms. The van der Waals surface area contributed by atoms with Gasteiger partial charge in [-0.3, -0.25) is 0 Å². The van der Waals surface area contributed by atoms with E-state index in [4.69, 9.17) is 9.53 Å². The molecule has 10 heavy (non-hydrogen) atoms. The van der Waals surface area contributed by atoms with Crippen LogP contribution in [0, 0.1) is 0 Å². The molecule has 0 aromatic carbocycles. The molecular weight excluding hydrogens is 148 g/mol. The lowest BCUT2D eigenvalue weighted by molar-refractivity contribution is -0.135. The summed E-state index contributed by atoms with van der Waals surface area (Å²) >= 11 is 0. The molecule has 0 fully saturated rings. The second-order valence-electron chi connectivity index (χ2n) is 2.94. The minimum Gasteiger partial charge on any atom is -0.540 e. The lowest BCUT2D eigenvalue weighted by atomic mass is 10.6. The van der Waals surface area contributed by atoms with Crippen molar-refractivity contribution in [2.24, 2.45) is 0 Å². The van der Waals surface area contributed by atoms with Crippen molar-refractivity contribution in [2.45, 2.75) is 19.6 Å². The predicted octanol–water partition coefficient (Wildman–Crippen LogP) is 1.44.